The fourth-order valence-electron chi connectivity index (χ4n) is 2.03. The van der Waals surface area contributed by atoms with Crippen LogP contribution in [0, 0.1) is 10.1 Å². The number of hydrogen-bond donors (Lipinski definition) is 2. The first-order chi connectivity index (χ1) is 10.1. The molecule has 1 aromatic heterocycles. The highest BCUT2D eigenvalue weighted by Crippen LogP contribution is 2.25. The van der Waals surface area contributed by atoms with E-state index in [1.54, 1.807) is 36.5 Å². The molecular formula is C15H11N3O3. The van der Waals surface area contributed by atoms with Crippen molar-refractivity contribution in [3.05, 3.63) is 64.8 Å². The summed E-state index contributed by atoms with van der Waals surface area (Å²) in [6.45, 7) is 0. The van der Waals surface area contributed by atoms with E-state index in [1.807, 2.05) is 6.07 Å². The van der Waals surface area contributed by atoms with E-state index in [2.05, 4.69) is 9.97 Å². The number of nitro groups is 1. The Bertz CT molecular complexity index is 794. The summed E-state index contributed by atoms with van der Waals surface area (Å²) in [6.07, 6.45) is 1.65. The number of aromatic nitrogens is 2. The SMILES string of the molecule is O=[N+]([O-])c1ccc(-c2cnc(-c3cccc(O)c3)[nH]2)cc1. The molecule has 0 aliphatic rings. The quantitative estimate of drug-likeness (QED) is 0.568. The Morgan fingerprint density at radius 2 is 1.86 bits per heavy atom. The summed E-state index contributed by atoms with van der Waals surface area (Å²) >= 11 is 0. The van der Waals surface area contributed by atoms with E-state index in [-0.39, 0.29) is 11.4 Å². The van der Waals surface area contributed by atoms with Gasteiger partial charge in [0.1, 0.15) is 11.6 Å². The molecule has 3 aromatic rings. The number of phenolic OH excluding ortho intramolecular Hbond substituents is 1. The number of nitrogens with one attached hydrogen (secondary N) is 1. The lowest BCUT2D eigenvalue weighted by Crippen LogP contribution is -1.87. The van der Waals surface area contributed by atoms with Gasteiger partial charge in [0.25, 0.3) is 5.69 Å². The number of H-pyrrole nitrogens is 1. The van der Waals surface area contributed by atoms with Gasteiger partial charge in [-0.2, -0.15) is 0 Å². The van der Waals surface area contributed by atoms with Crippen molar-refractivity contribution >= 4 is 5.69 Å². The topological polar surface area (TPSA) is 92.1 Å². The molecule has 0 fully saturated rings. The van der Waals surface area contributed by atoms with Crippen LogP contribution in [0.1, 0.15) is 0 Å². The van der Waals surface area contributed by atoms with E-state index >= 15 is 0 Å². The largest absolute Gasteiger partial charge is 0.508 e. The van der Waals surface area contributed by atoms with Crippen molar-refractivity contribution in [3.8, 4) is 28.4 Å². The van der Waals surface area contributed by atoms with E-state index in [0.29, 0.717) is 5.82 Å². The van der Waals surface area contributed by atoms with Gasteiger partial charge in [-0.3, -0.25) is 10.1 Å². The summed E-state index contributed by atoms with van der Waals surface area (Å²) in [5.41, 5.74) is 2.37. The number of hydrogen-bond acceptors (Lipinski definition) is 4. The molecule has 0 saturated carbocycles. The lowest BCUT2D eigenvalue weighted by Gasteiger charge is -1.99. The van der Waals surface area contributed by atoms with Crippen LogP contribution in [0.5, 0.6) is 5.75 Å². The lowest BCUT2D eigenvalue weighted by molar-refractivity contribution is -0.384. The van der Waals surface area contributed by atoms with Crippen molar-refractivity contribution in [1.82, 2.24) is 9.97 Å². The molecule has 0 bridgehead atoms. The Kier molecular flexibility index (Phi) is 3.12. The molecule has 6 heteroatoms. The summed E-state index contributed by atoms with van der Waals surface area (Å²) in [5, 5.41) is 20.1. The molecule has 2 N–H and O–H groups in total. The van der Waals surface area contributed by atoms with E-state index in [9.17, 15) is 15.2 Å². The van der Waals surface area contributed by atoms with Gasteiger partial charge in [-0.1, -0.05) is 12.1 Å². The van der Waals surface area contributed by atoms with Crippen molar-refractivity contribution in [1.29, 1.82) is 0 Å². The highest BCUT2D eigenvalue weighted by molar-refractivity contribution is 5.65. The first-order valence-corrected chi connectivity index (χ1v) is 6.23. The average Bonchev–Trinajstić information content (AvgIpc) is 2.97. The average molecular weight is 281 g/mol. The van der Waals surface area contributed by atoms with Gasteiger partial charge in [-0.25, -0.2) is 4.98 Å². The van der Waals surface area contributed by atoms with E-state index < -0.39 is 4.92 Å². The molecule has 1 heterocycles. The minimum Gasteiger partial charge on any atom is -0.508 e. The number of imidazole rings is 1. The molecule has 0 aliphatic carbocycles. The fourth-order valence-corrected chi connectivity index (χ4v) is 2.03. The van der Waals surface area contributed by atoms with Crippen LogP contribution < -0.4 is 0 Å². The number of aromatic amines is 1. The third-order valence-electron chi connectivity index (χ3n) is 3.08. The number of aromatic hydroxyl groups is 1. The zero-order valence-electron chi connectivity index (χ0n) is 10.9. The first-order valence-electron chi connectivity index (χ1n) is 6.23. The fraction of sp³-hybridized carbons (Fsp3) is 0. The minimum absolute atomic E-state index is 0.0477. The second-order valence-corrected chi connectivity index (χ2v) is 4.50. The monoisotopic (exact) mass is 281 g/mol. The van der Waals surface area contributed by atoms with Gasteiger partial charge in [0.05, 0.1) is 16.8 Å². The summed E-state index contributed by atoms with van der Waals surface area (Å²) in [6, 6.07) is 13.0. The van der Waals surface area contributed by atoms with Crippen molar-refractivity contribution in [3.63, 3.8) is 0 Å². The van der Waals surface area contributed by atoms with Gasteiger partial charge >= 0.3 is 0 Å². The maximum atomic E-state index is 10.6. The molecule has 6 nitrogen and oxygen atoms in total. The van der Waals surface area contributed by atoms with Crippen LogP contribution in [-0.2, 0) is 0 Å². The predicted molar refractivity (Wildman–Crippen MR) is 77.8 cm³/mol. The van der Waals surface area contributed by atoms with Crippen molar-refractivity contribution in [2.75, 3.05) is 0 Å². The third-order valence-corrected chi connectivity index (χ3v) is 3.08. The number of phenols is 1. The Morgan fingerprint density at radius 1 is 1.10 bits per heavy atom. The minimum atomic E-state index is -0.436. The molecule has 0 aliphatic heterocycles. The first kappa shape index (κ1) is 12.9. The highest BCUT2D eigenvalue weighted by Gasteiger charge is 2.08. The number of non-ortho nitro benzene ring substituents is 1. The Morgan fingerprint density at radius 3 is 2.52 bits per heavy atom. The smallest absolute Gasteiger partial charge is 0.269 e. The molecule has 0 saturated heterocycles. The van der Waals surface area contributed by atoms with Gasteiger partial charge in [-0.15, -0.1) is 0 Å². The maximum Gasteiger partial charge on any atom is 0.269 e. The second kappa shape index (κ2) is 5.09. The predicted octanol–water partition coefficient (Wildman–Crippen LogP) is 3.36. The normalized spacial score (nSPS) is 10.5. The standard InChI is InChI=1S/C15H11N3O3/c19-13-3-1-2-11(8-13)15-16-9-14(17-15)10-4-6-12(7-5-10)18(20)21/h1-9,19H,(H,16,17). The van der Waals surface area contributed by atoms with Crippen molar-refractivity contribution in [2.45, 2.75) is 0 Å². The second-order valence-electron chi connectivity index (χ2n) is 4.50. The van der Waals surface area contributed by atoms with Crippen LogP contribution in [0.25, 0.3) is 22.6 Å². The summed E-state index contributed by atoms with van der Waals surface area (Å²) in [7, 11) is 0. The molecule has 21 heavy (non-hydrogen) atoms. The van der Waals surface area contributed by atoms with Gasteiger partial charge in [-0.05, 0) is 24.3 Å². The van der Waals surface area contributed by atoms with Crippen LogP contribution in [0.15, 0.2) is 54.7 Å². The van der Waals surface area contributed by atoms with Crippen LogP contribution in [0.4, 0.5) is 5.69 Å². The summed E-state index contributed by atoms with van der Waals surface area (Å²) in [4.78, 5) is 17.6. The third kappa shape index (κ3) is 2.59. The number of nitro benzene ring substituents is 1. The molecule has 3 rings (SSSR count). The maximum absolute atomic E-state index is 10.6. The van der Waals surface area contributed by atoms with Crippen LogP contribution in [0.2, 0.25) is 0 Å². The summed E-state index contributed by atoms with van der Waals surface area (Å²) in [5.74, 6) is 0.792. The highest BCUT2D eigenvalue weighted by atomic mass is 16.6. The molecule has 0 unspecified atom stereocenters. The molecule has 104 valence electrons. The Labute approximate surface area is 119 Å². The van der Waals surface area contributed by atoms with Gasteiger partial charge in [0.15, 0.2) is 0 Å². The van der Waals surface area contributed by atoms with Crippen LogP contribution in [0.3, 0.4) is 0 Å². The summed E-state index contributed by atoms with van der Waals surface area (Å²) < 4.78 is 0. The van der Waals surface area contributed by atoms with Crippen LogP contribution in [-0.4, -0.2) is 20.0 Å². The molecule has 2 aromatic carbocycles. The van der Waals surface area contributed by atoms with E-state index in [0.717, 1.165) is 16.8 Å². The number of rotatable bonds is 3. The van der Waals surface area contributed by atoms with Gasteiger partial charge in [0.2, 0.25) is 0 Å². The Hall–Kier alpha value is -3.15. The van der Waals surface area contributed by atoms with Crippen LogP contribution >= 0.6 is 0 Å². The van der Waals surface area contributed by atoms with Gasteiger partial charge in [0, 0.05) is 23.3 Å². The van der Waals surface area contributed by atoms with E-state index in [1.165, 1.54) is 12.1 Å². The van der Waals surface area contributed by atoms with Gasteiger partial charge < -0.3 is 10.1 Å². The van der Waals surface area contributed by atoms with Crippen molar-refractivity contribution < 1.29 is 10.0 Å². The molecular weight excluding hydrogens is 270 g/mol. The van der Waals surface area contributed by atoms with E-state index in [4.69, 9.17) is 0 Å². The molecule has 0 atom stereocenters. The zero-order valence-corrected chi connectivity index (χ0v) is 10.9. The molecule has 0 spiro atoms. The molecule has 0 amide bonds. The number of nitrogens with zero attached hydrogens (tertiary/aromatic N) is 2. The van der Waals surface area contributed by atoms with Crippen molar-refractivity contribution in [2.24, 2.45) is 0 Å². The lowest BCUT2D eigenvalue weighted by atomic mass is 10.1. The number of benzene rings is 2. The zero-order chi connectivity index (χ0) is 14.8. The Balaban J connectivity index is 1.93. The molecule has 0 radical (unpaired) electrons.